The first-order valence-corrected chi connectivity index (χ1v) is 7.62. The Balaban J connectivity index is 2.44. The summed E-state index contributed by atoms with van der Waals surface area (Å²) in [5, 5.41) is 3.55. The van der Waals surface area contributed by atoms with E-state index in [0.717, 1.165) is 31.7 Å². The molecule has 1 aromatic carbocycles. The van der Waals surface area contributed by atoms with Gasteiger partial charge >= 0.3 is 0 Å². The molecular weight excluding hydrogens is 234 g/mol. The van der Waals surface area contributed by atoms with Crippen molar-refractivity contribution in [3.8, 4) is 5.75 Å². The average molecular weight is 263 g/mol. The molecule has 2 heteroatoms. The van der Waals surface area contributed by atoms with E-state index in [-0.39, 0.29) is 0 Å². The number of benzene rings is 1. The zero-order valence-corrected chi connectivity index (χ0v) is 12.9. The molecule has 0 radical (unpaired) electrons. The molecule has 0 bridgehead atoms. The zero-order valence-electron chi connectivity index (χ0n) is 12.9. The third kappa shape index (κ3) is 6.11. The molecular formula is C17H29NO. The van der Waals surface area contributed by atoms with E-state index in [1.165, 1.54) is 12.0 Å². The normalized spacial score (nSPS) is 12.7. The van der Waals surface area contributed by atoms with Crippen LogP contribution < -0.4 is 10.1 Å². The molecule has 1 N–H and O–H groups in total. The Hall–Kier alpha value is -1.02. The van der Waals surface area contributed by atoms with Gasteiger partial charge in [-0.2, -0.15) is 0 Å². The van der Waals surface area contributed by atoms with Crippen molar-refractivity contribution in [1.82, 2.24) is 5.32 Å². The highest BCUT2D eigenvalue weighted by Crippen LogP contribution is 2.14. The molecule has 1 aromatic rings. The van der Waals surface area contributed by atoms with Crippen molar-refractivity contribution in [2.45, 2.75) is 53.0 Å². The number of hydrogen-bond donors (Lipinski definition) is 1. The lowest BCUT2D eigenvalue weighted by atomic mass is 10.1. The van der Waals surface area contributed by atoms with Crippen molar-refractivity contribution < 1.29 is 4.74 Å². The van der Waals surface area contributed by atoms with Crippen LogP contribution in [0.5, 0.6) is 5.75 Å². The monoisotopic (exact) mass is 263 g/mol. The smallest absolute Gasteiger partial charge is 0.119 e. The molecule has 1 rings (SSSR count). The van der Waals surface area contributed by atoms with E-state index >= 15 is 0 Å². The first-order chi connectivity index (χ1) is 9.17. The van der Waals surface area contributed by atoms with Crippen LogP contribution >= 0.6 is 0 Å². The van der Waals surface area contributed by atoms with Crippen molar-refractivity contribution in [2.24, 2.45) is 5.92 Å². The van der Waals surface area contributed by atoms with Gasteiger partial charge in [-0.15, -0.1) is 0 Å². The molecule has 0 saturated carbocycles. The summed E-state index contributed by atoms with van der Waals surface area (Å²) < 4.78 is 5.90. The highest BCUT2D eigenvalue weighted by atomic mass is 16.5. The van der Waals surface area contributed by atoms with E-state index in [0.29, 0.717) is 12.0 Å². The molecule has 0 aliphatic carbocycles. The van der Waals surface area contributed by atoms with E-state index in [9.17, 15) is 0 Å². The maximum Gasteiger partial charge on any atom is 0.119 e. The summed E-state index contributed by atoms with van der Waals surface area (Å²) in [5.41, 5.74) is 1.39. The lowest BCUT2D eigenvalue weighted by Crippen LogP contribution is -2.39. The largest absolute Gasteiger partial charge is 0.492 e. The SMILES string of the molecule is CCCNC(COc1ccc(CCC)cc1)C(C)C. The molecule has 19 heavy (non-hydrogen) atoms. The first kappa shape index (κ1) is 16.0. The van der Waals surface area contributed by atoms with Crippen LogP contribution in [-0.2, 0) is 6.42 Å². The Morgan fingerprint density at radius 1 is 1.05 bits per heavy atom. The second-order valence-electron chi connectivity index (χ2n) is 5.51. The molecule has 1 unspecified atom stereocenters. The summed E-state index contributed by atoms with van der Waals surface area (Å²) in [6.45, 7) is 10.7. The van der Waals surface area contributed by atoms with E-state index < -0.39 is 0 Å². The molecule has 0 heterocycles. The fourth-order valence-corrected chi connectivity index (χ4v) is 2.04. The van der Waals surface area contributed by atoms with Crippen LogP contribution in [0.3, 0.4) is 0 Å². The van der Waals surface area contributed by atoms with E-state index in [4.69, 9.17) is 4.74 Å². The lowest BCUT2D eigenvalue weighted by Gasteiger charge is -2.22. The Kier molecular flexibility index (Phi) is 7.57. The van der Waals surface area contributed by atoms with Crippen molar-refractivity contribution in [3.05, 3.63) is 29.8 Å². The lowest BCUT2D eigenvalue weighted by molar-refractivity contribution is 0.230. The van der Waals surface area contributed by atoms with Crippen molar-refractivity contribution in [3.63, 3.8) is 0 Å². The van der Waals surface area contributed by atoms with Gasteiger partial charge in [0, 0.05) is 6.04 Å². The van der Waals surface area contributed by atoms with Crippen molar-refractivity contribution in [1.29, 1.82) is 0 Å². The Labute approximate surface area is 118 Å². The maximum atomic E-state index is 5.90. The number of hydrogen-bond acceptors (Lipinski definition) is 2. The predicted molar refractivity (Wildman–Crippen MR) is 82.9 cm³/mol. The van der Waals surface area contributed by atoms with Gasteiger partial charge in [-0.25, -0.2) is 0 Å². The maximum absolute atomic E-state index is 5.90. The predicted octanol–water partition coefficient (Wildman–Crippen LogP) is 4.04. The molecule has 0 saturated heterocycles. The molecule has 0 spiro atoms. The van der Waals surface area contributed by atoms with Crippen LogP contribution in [0.15, 0.2) is 24.3 Å². The van der Waals surface area contributed by atoms with Crippen molar-refractivity contribution >= 4 is 0 Å². The summed E-state index contributed by atoms with van der Waals surface area (Å²) >= 11 is 0. The van der Waals surface area contributed by atoms with Gasteiger partial charge in [0.25, 0.3) is 0 Å². The number of aryl methyl sites for hydroxylation is 1. The minimum absolute atomic E-state index is 0.426. The number of nitrogens with one attached hydrogen (secondary N) is 1. The highest BCUT2D eigenvalue weighted by molar-refractivity contribution is 5.27. The fourth-order valence-electron chi connectivity index (χ4n) is 2.04. The molecule has 108 valence electrons. The minimum atomic E-state index is 0.426. The third-order valence-electron chi connectivity index (χ3n) is 3.35. The molecule has 0 aliphatic heterocycles. The van der Waals surface area contributed by atoms with Crippen LogP contribution in [0, 0.1) is 5.92 Å². The standard InChI is InChI=1S/C17H29NO/c1-5-7-15-8-10-16(11-9-15)19-13-17(14(3)4)18-12-6-2/h8-11,14,17-18H,5-7,12-13H2,1-4H3. The quantitative estimate of drug-likeness (QED) is 0.726. The van der Waals surface area contributed by atoms with Gasteiger partial charge in [0.15, 0.2) is 0 Å². The zero-order chi connectivity index (χ0) is 14.1. The average Bonchev–Trinajstić information content (AvgIpc) is 2.40. The van der Waals surface area contributed by atoms with Gasteiger partial charge in [0.2, 0.25) is 0 Å². The second kappa shape index (κ2) is 8.98. The fraction of sp³-hybridized carbons (Fsp3) is 0.647. The molecule has 1 atom stereocenters. The highest BCUT2D eigenvalue weighted by Gasteiger charge is 2.12. The van der Waals surface area contributed by atoms with E-state index in [1.54, 1.807) is 0 Å². The number of rotatable bonds is 9. The van der Waals surface area contributed by atoms with Crippen LogP contribution in [-0.4, -0.2) is 19.2 Å². The van der Waals surface area contributed by atoms with Gasteiger partial charge < -0.3 is 10.1 Å². The van der Waals surface area contributed by atoms with E-state index in [1.807, 2.05) is 0 Å². The molecule has 0 fully saturated rings. The summed E-state index contributed by atoms with van der Waals surface area (Å²) in [7, 11) is 0. The van der Waals surface area contributed by atoms with Gasteiger partial charge in [-0.05, 0) is 43.0 Å². The third-order valence-corrected chi connectivity index (χ3v) is 3.35. The Morgan fingerprint density at radius 2 is 1.74 bits per heavy atom. The molecule has 0 aliphatic rings. The first-order valence-electron chi connectivity index (χ1n) is 7.62. The van der Waals surface area contributed by atoms with E-state index in [2.05, 4.69) is 57.3 Å². The Bertz CT molecular complexity index is 332. The number of ether oxygens (including phenoxy) is 1. The molecule has 0 aromatic heterocycles. The minimum Gasteiger partial charge on any atom is -0.492 e. The summed E-state index contributed by atoms with van der Waals surface area (Å²) in [5.74, 6) is 1.56. The van der Waals surface area contributed by atoms with Crippen molar-refractivity contribution in [2.75, 3.05) is 13.2 Å². The van der Waals surface area contributed by atoms with Gasteiger partial charge in [-0.1, -0.05) is 46.2 Å². The Morgan fingerprint density at radius 3 is 2.26 bits per heavy atom. The van der Waals surface area contributed by atoms with Crippen LogP contribution in [0.4, 0.5) is 0 Å². The second-order valence-corrected chi connectivity index (χ2v) is 5.51. The summed E-state index contributed by atoms with van der Waals surface area (Å²) in [4.78, 5) is 0. The van der Waals surface area contributed by atoms with Gasteiger partial charge in [-0.3, -0.25) is 0 Å². The van der Waals surface area contributed by atoms with Crippen LogP contribution in [0.25, 0.3) is 0 Å². The summed E-state index contributed by atoms with van der Waals surface area (Å²) in [6.07, 6.45) is 3.50. The van der Waals surface area contributed by atoms with Gasteiger partial charge in [0.05, 0.1) is 0 Å². The molecule has 0 amide bonds. The van der Waals surface area contributed by atoms with Crippen LogP contribution in [0.1, 0.15) is 46.1 Å². The topological polar surface area (TPSA) is 21.3 Å². The van der Waals surface area contributed by atoms with Gasteiger partial charge in [0.1, 0.15) is 12.4 Å². The summed E-state index contributed by atoms with van der Waals surface area (Å²) in [6, 6.07) is 8.94. The molecule has 2 nitrogen and oxygen atoms in total. The van der Waals surface area contributed by atoms with Crippen LogP contribution in [0.2, 0.25) is 0 Å².